The summed E-state index contributed by atoms with van der Waals surface area (Å²) in [6.45, 7) is 1.03. The summed E-state index contributed by atoms with van der Waals surface area (Å²) >= 11 is 0. The van der Waals surface area contributed by atoms with Crippen molar-refractivity contribution in [3.63, 3.8) is 0 Å². The van der Waals surface area contributed by atoms with E-state index in [1.807, 2.05) is 6.07 Å². The second kappa shape index (κ2) is 5.12. The van der Waals surface area contributed by atoms with Crippen LogP contribution in [0.15, 0.2) is 6.07 Å². The van der Waals surface area contributed by atoms with Crippen molar-refractivity contribution < 1.29 is 4.74 Å². The number of aromatic amines is 1. The third-order valence-corrected chi connectivity index (χ3v) is 1.19. The molecule has 0 saturated heterocycles. The van der Waals surface area contributed by atoms with Gasteiger partial charge in [-0.05, 0) is 6.07 Å². The molecule has 0 atom stereocenters. The van der Waals surface area contributed by atoms with Gasteiger partial charge >= 0.3 is 0 Å². The molecule has 3 N–H and O–H groups in total. The maximum absolute atomic E-state index is 5.34. The lowest BCUT2D eigenvalue weighted by atomic mass is 10.4. The molecule has 0 radical (unpaired) electrons. The summed E-state index contributed by atoms with van der Waals surface area (Å²) in [5.41, 5.74) is 7.16. The summed E-state index contributed by atoms with van der Waals surface area (Å²) in [6.07, 6.45) is 0. The number of nitrogens with zero attached hydrogens (tertiary/aromatic N) is 1. The van der Waals surface area contributed by atoms with Crippen LogP contribution in [0.1, 0.15) is 11.4 Å². The number of hydrogen-bond donors (Lipinski definition) is 2. The van der Waals surface area contributed by atoms with Crippen molar-refractivity contribution in [2.24, 2.45) is 5.73 Å². The zero-order valence-corrected chi connectivity index (χ0v) is 7.15. The van der Waals surface area contributed by atoms with E-state index in [0.29, 0.717) is 13.2 Å². The molecular weight excluding hydrogens is 166 g/mol. The fourth-order valence-electron chi connectivity index (χ4n) is 0.743. The zero-order chi connectivity index (χ0) is 7.40. The summed E-state index contributed by atoms with van der Waals surface area (Å²) in [7, 11) is 1.64. The number of ether oxygens (including phenoxy) is 1. The molecule has 11 heavy (non-hydrogen) atoms. The predicted molar refractivity (Wildman–Crippen MR) is 44.4 cm³/mol. The molecule has 4 nitrogen and oxygen atoms in total. The number of methoxy groups -OCH3 is 1. The Morgan fingerprint density at radius 1 is 1.73 bits per heavy atom. The molecule has 0 aliphatic carbocycles. The second-order valence-electron chi connectivity index (χ2n) is 2.02. The van der Waals surface area contributed by atoms with Gasteiger partial charge in [0, 0.05) is 13.7 Å². The zero-order valence-electron chi connectivity index (χ0n) is 6.33. The van der Waals surface area contributed by atoms with E-state index < -0.39 is 0 Å². The van der Waals surface area contributed by atoms with Gasteiger partial charge in [-0.3, -0.25) is 5.10 Å². The first-order valence-electron chi connectivity index (χ1n) is 3.09. The van der Waals surface area contributed by atoms with Crippen LogP contribution in [0.3, 0.4) is 0 Å². The van der Waals surface area contributed by atoms with Crippen molar-refractivity contribution in [3.8, 4) is 0 Å². The average Bonchev–Trinajstić information content (AvgIpc) is 2.37. The van der Waals surface area contributed by atoms with Crippen molar-refractivity contribution in [3.05, 3.63) is 17.5 Å². The van der Waals surface area contributed by atoms with Gasteiger partial charge in [0.25, 0.3) is 0 Å². The smallest absolute Gasteiger partial charge is 0.0878 e. The standard InChI is InChI=1S/C6H11N3O.ClH/c1-10-4-6-2-5(3-7)8-9-6;/h2H,3-4,7H2,1H3,(H,8,9);1H. The molecule has 0 unspecified atom stereocenters. The Labute approximate surface area is 71.5 Å². The Hall–Kier alpha value is -0.580. The first kappa shape index (κ1) is 10.4. The fourth-order valence-corrected chi connectivity index (χ4v) is 0.743. The monoisotopic (exact) mass is 177 g/mol. The van der Waals surface area contributed by atoms with E-state index in [2.05, 4.69) is 10.2 Å². The van der Waals surface area contributed by atoms with Gasteiger partial charge in [0.1, 0.15) is 0 Å². The number of nitrogens with two attached hydrogens (primary N) is 1. The number of aromatic nitrogens is 2. The van der Waals surface area contributed by atoms with Gasteiger partial charge in [0.15, 0.2) is 0 Å². The summed E-state index contributed by atoms with van der Waals surface area (Å²) in [5.74, 6) is 0. The maximum atomic E-state index is 5.34. The van der Waals surface area contributed by atoms with Gasteiger partial charge in [-0.2, -0.15) is 5.10 Å². The topological polar surface area (TPSA) is 63.9 Å². The Balaban J connectivity index is 0.000001000. The van der Waals surface area contributed by atoms with Gasteiger partial charge in [-0.25, -0.2) is 0 Å². The highest BCUT2D eigenvalue weighted by molar-refractivity contribution is 5.85. The predicted octanol–water partition coefficient (Wildman–Crippen LogP) is 0.437. The highest BCUT2D eigenvalue weighted by Gasteiger charge is 1.96. The third-order valence-electron chi connectivity index (χ3n) is 1.19. The molecule has 0 aliphatic rings. The van der Waals surface area contributed by atoms with E-state index in [1.54, 1.807) is 7.11 Å². The number of H-pyrrole nitrogens is 1. The van der Waals surface area contributed by atoms with E-state index in [0.717, 1.165) is 11.4 Å². The SMILES string of the molecule is COCc1cc(CN)n[nH]1.Cl. The van der Waals surface area contributed by atoms with E-state index in [-0.39, 0.29) is 12.4 Å². The largest absolute Gasteiger partial charge is 0.378 e. The molecule has 64 valence electrons. The van der Waals surface area contributed by atoms with E-state index in [4.69, 9.17) is 10.5 Å². The maximum Gasteiger partial charge on any atom is 0.0878 e. The molecule has 1 aromatic rings. The first-order chi connectivity index (χ1) is 4.86. The highest BCUT2D eigenvalue weighted by atomic mass is 35.5. The van der Waals surface area contributed by atoms with Crippen LogP contribution in [-0.4, -0.2) is 17.3 Å². The van der Waals surface area contributed by atoms with Crippen LogP contribution >= 0.6 is 12.4 Å². The second-order valence-corrected chi connectivity index (χ2v) is 2.02. The van der Waals surface area contributed by atoms with Crippen LogP contribution in [0, 0.1) is 0 Å². The summed E-state index contributed by atoms with van der Waals surface area (Å²) in [6, 6.07) is 1.89. The van der Waals surface area contributed by atoms with E-state index in [1.165, 1.54) is 0 Å². The van der Waals surface area contributed by atoms with Crippen molar-refractivity contribution in [2.75, 3.05) is 7.11 Å². The van der Waals surface area contributed by atoms with Crippen LogP contribution in [0.5, 0.6) is 0 Å². The molecule has 0 fully saturated rings. The summed E-state index contributed by atoms with van der Waals surface area (Å²) < 4.78 is 4.87. The van der Waals surface area contributed by atoms with Crippen molar-refractivity contribution >= 4 is 12.4 Å². The van der Waals surface area contributed by atoms with Gasteiger partial charge in [0.2, 0.25) is 0 Å². The van der Waals surface area contributed by atoms with Crippen LogP contribution in [0.4, 0.5) is 0 Å². The normalized spacial score (nSPS) is 9.27. The molecule has 1 aromatic heterocycles. The van der Waals surface area contributed by atoms with Gasteiger partial charge < -0.3 is 10.5 Å². The minimum absolute atomic E-state index is 0. The lowest BCUT2D eigenvalue weighted by molar-refractivity contribution is 0.181. The number of hydrogen-bond acceptors (Lipinski definition) is 3. The molecule has 0 aliphatic heterocycles. The van der Waals surface area contributed by atoms with E-state index >= 15 is 0 Å². The van der Waals surface area contributed by atoms with Crippen LogP contribution in [0.25, 0.3) is 0 Å². The Kier molecular flexibility index (Phi) is 4.85. The van der Waals surface area contributed by atoms with Crippen LogP contribution in [-0.2, 0) is 17.9 Å². The summed E-state index contributed by atoms with van der Waals surface area (Å²) in [5, 5.41) is 6.73. The molecule has 0 saturated carbocycles. The van der Waals surface area contributed by atoms with Gasteiger partial charge in [-0.15, -0.1) is 12.4 Å². The van der Waals surface area contributed by atoms with Crippen molar-refractivity contribution in [1.82, 2.24) is 10.2 Å². The number of nitrogens with one attached hydrogen (secondary N) is 1. The fraction of sp³-hybridized carbons (Fsp3) is 0.500. The van der Waals surface area contributed by atoms with Crippen LogP contribution < -0.4 is 5.73 Å². The molecule has 1 rings (SSSR count). The molecular formula is C6H12ClN3O. The lowest BCUT2D eigenvalue weighted by Gasteiger charge is -1.89. The molecule has 0 aromatic carbocycles. The minimum Gasteiger partial charge on any atom is -0.378 e. The van der Waals surface area contributed by atoms with Crippen LogP contribution in [0.2, 0.25) is 0 Å². The quantitative estimate of drug-likeness (QED) is 0.704. The molecule has 0 spiro atoms. The first-order valence-corrected chi connectivity index (χ1v) is 3.09. The Morgan fingerprint density at radius 2 is 2.45 bits per heavy atom. The minimum atomic E-state index is 0. The Morgan fingerprint density at radius 3 is 2.91 bits per heavy atom. The average molecular weight is 178 g/mol. The summed E-state index contributed by atoms with van der Waals surface area (Å²) in [4.78, 5) is 0. The van der Waals surface area contributed by atoms with Crippen molar-refractivity contribution in [1.29, 1.82) is 0 Å². The Bertz CT molecular complexity index is 201. The van der Waals surface area contributed by atoms with Crippen molar-refractivity contribution in [2.45, 2.75) is 13.2 Å². The van der Waals surface area contributed by atoms with Gasteiger partial charge in [0.05, 0.1) is 18.0 Å². The van der Waals surface area contributed by atoms with E-state index in [9.17, 15) is 0 Å². The third kappa shape index (κ3) is 2.88. The lowest BCUT2D eigenvalue weighted by Crippen LogP contribution is -1.95. The molecule has 1 heterocycles. The molecule has 0 amide bonds. The molecule has 0 bridgehead atoms. The van der Waals surface area contributed by atoms with Gasteiger partial charge in [-0.1, -0.05) is 0 Å². The number of rotatable bonds is 3. The highest BCUT2D eigenvalue weighted by Crippen LogP contribution is 1.98. The molecule has 5 heteroatoms. The number of halogens is 1.